The summed E-state index contributed by atoms with van der Waals surface area (Å²) in [6, 6.07) is 11.1. The number of nitrogens with one attached hydrogen (secondary N) is 3. The summed E-state index contributed by atoms with van der Waals surface area (Å²) in [6.07, 6.45) is 1.09. The number of carbonyl (C=O) groups excluding carboxylic acids is 1. The van der Waals surface area contributed by atoms with Gasteiger partial charge >= 0.3 is 5.69 Å². The molecule has 0 saturated heterocycles. The van der Waals surface area contributed by atoms with Crippen molar-refractivity contribution in [1.29, 1.82) is 0 Å². The van der Waals surface area contributed by atoms with Crippen molar-refractivity contribution in [1.82, 2.24) is 15.4 Å². The molecule has 3 N–H and O–H groups in total. The zero-order chi connectivity index (χ0) is 21.7. The Labute approximate surface area is 180 Å². The van der Waals surface area contributed by atoms with Gasteiger partial charge in [-0.1, -0.05) is 35.3 Å². The Kier molecular flexibility index (Phi) is 6.50. The topological polar surface area (TPSA) is 131 Å². The van der Waals surface area contributed by atoms with E-state index in [1.165, 1.54) is 19.2 Å². The van der Waals surface area contributed by atoms with Gasteiger partial charge in [0.1, 0.15) is 12.1 Å². The Morgan fingerprint density at radius 1 is 1.13 bits per heavy atom. The van der Waals surface area contributed by atoms with E-state index in [0.29, 0.717) is 16.5 Å². The molecule has 0 aliphatic carbocycles. The van der Waals surface area contributed by atoms with Gasteiger partial charge in [0, 0.05) is 5.02 Å². The highest BCUT2D eigenvalue weighted by molar-refractivity contribution is 6.35. The van der Waals surface area contributed by atoms with Gasteiger partial charge in [0.2, 0.25) is 11.6 Å². The highest BCUT2D eigenvalue weighted by atomic mass is 35.5. The molecule has 0 aliphatic rings. The molecular weight excluding hydrogens is 435 g/mol. The largest absolute Gasteiger partial charge is 0.496 e. The van der Waals surface area contributed by atoms with E-state index >= 15 is 0 Å². The van der Waals surface area contributed by atoms with E-state index in [2.05, 4.69) is 26.1 Å². The summed E-state index contributed by atoms with van der Waals surface area (Å²) in [5.41, 5.74) is 4.85. The first-order valence-electron chi connectivity index (χ1n) is 8.31. The summed E-state index contributed by atoms with van der Waals surface area (Å²) in [5, 5.41) is 15.1. The maximum absolute atomic E-state index is 12.4. The number of anilines is 3. The number of hydrazine groups is 1. The predicted molar refractivity (Wildman–Crippen MR) is 113 cm³/mol. The molecule has 0 bridgehead atoms. The quantitative estimate of drug-likeness (QED) is 0.361. The number of benzene rings is 2. The van der Waals surface area contributed by atoms with Crippen LogP contribution in [0.2, 0.25) is 10.0 Å². The maximum Gasteiger partial charge on any atom is 0.355 e. The number of para-hydroxylation sites is 1. The molecule has 0 radical (unpaired) electrons. The molecule has 12 heteroatoms. The molecule has 154 valence electrons. The third-order valence-corrected chi connectivity index (χ3v) is 4.40. The zero-order valence-corrected chi connectivity index (χ0v) is 16.9. The van der Waals surface area contributed by atoms with E-state index in [1.807, 2.05) is 0 Å². The standard InChI is InChI=1S/C18H14Cl2N6O4/c1-30-14-5-3-2-4-11(14)18(27)25-24-17-15(26(28)29)16(21-9-22-17)23-13-8-10(19)6-7-12(13)20/h2-9H,1H3,(H,25,27)(H2,21,22,23,24). The lowest BCUT2D eigenvalue weighted by Gasteiger charge is -2.12. The highest BCUT2D eigenvalue weighted by Gasteiger charge is 2.24. The molecule has 0 saturated carbocycles. The predicted octanol–water partition coefficient (Wildman–Crippen LogP) is 4.20. The molecule has 10 nitrogen and oxygen atoms in total. The number of nitro groups is 1. The molecule has 30 heavy (non-hydrogen) atoms. The fourth-order valence-corrected chi connectivity index (χ4v) is 2.81. The molecule has 1 amide bonds. The van der Waals surface area contributed by atoms with Crippen LogP contribution in [0.15, 0.2) is 48.8 Å². The fraction of sp³-hybridized carbons (Fsp3) is 0.0556. The van der Waals surface area contributed by atoms with Crippen molar-refractivity contribution in [2.75, 3.05) is 17.9 Å². The van der Waals surface area contributed by atoms with Crippen LogP contribution in [0.25, 0.3) is 0 Å². The second-order valence-electron chi connectivity index (χ2n) is 5.71. The Hall–Kier alpha value is -3.63. The van der Waals surface area contributed by atoms with E-state index in [4.69, 9.17) is 27.9 Å². The first-order valence-corrected chi connectivity index (χ1v) is 9.07. The number of ether oxygens (including phenoxy) is 1. The van der Waals surface area contributed by atoms with Gasteiger partial charge in [-0.2, -0.15) is 0 Å². The number of rotatable bonds is 7. The number of carbonyl (C=O) groups is 1. The zero-order valence-electron chi connectivity index (χ0n) is 15.3. The fourth-order valence-electron chi connectivity index (χ4n) is 2.47. The third-order valence-electron chi connectivity index (χ3n) is 3.83. The Bertz CT molecular complexity index is 1110. The molecule has 0 fully saturated rings. The van der Waals surface area contributed by atoms with Gasteiger partial charge in [-0.25, -0.2) is 9.97 Å². The molecule has 3 aromatic rings. The lowest BCUT2D eigenvalue weighted by atomic mass is 10.2. The molecule has 1 heterocycles. The first-order chi connectivity index (χ1) is 14.4. The van der Waals surface area contributed by atoms with Gasteiger partial charge in [-0.15, -0.1) is 0 Å². The summed E-state index contributed by atoms with van der Waals surface area (Å²) in [5.74, 6) is -0.619. The minimum Gasteiger partial charge on any atom is -0.496 e. The summed E-state index contributed by atoms with van der Waals surface area (Å²) >= 11 is 12.0. The summed E-state index contributed by atoms with van der Waals surface area (Å²) in [4.78, 5) is 31.1. The maximum atomic E-state index is 12.4. The van der Waals surface area contributed by atoms with E-state index in [9.17, 15) is 14.9 Å². The van der Waals surface area contributed by atoms with Crippen LogP contribution in [-0.4, -0.2) is 27.9 Å². The second kappa shape index (κ2) is 9.25. The highest BCUT2D eigenvalue weighted by Crippen LogP contribution is 2.34. The van der Waals surface area contributed by atoms with Crippen LogP contribution in [0.5, 0.6) is 5.75 Å². The summed E-state index contributed by atoms with van der Waals surface area (Å²) in [7, 11) is 1.42. The van der Waals surface area contributed by atoms with E-state index < -0.39 is 16.5 Å². The van der Waals surface area contributed by atoms with Gasteiger partial charge in [0.25, 0.3) is 5.91 Å². The minimum atomic E-state index is -0.696. The normalized spacial score (nSPS) is 10.2. The Balaban J connectivity index is 1.87. The van der Waals surface area contributed by atoms with Crippen LogP contribution < -0.4 is 20.9 Å². The van der Waals surface area contributed by atoms with Crippen molar-refractivity contribution < 1.29 is 14.5 Å². The molecule has 0 unspecified atom stereocenters. The second-order valence-corrected chi connectivity index (χ2v) is 6.55. The number of hydrogen-bond donors (Lipinski definition) is 3. The lowest BCUT2D eigenvalue weighted by molar-refractivity contribution is -0.383. The van der Waals surface area contributed by atoms with E-state index in [0.717, 1.165) is 6.33 Å². The van der Waals surface area contributed by atoms with Gasteiger partial charge in [-0.3, -0.25) is 25.8 Å². The van der Waals surface area contributed by atoms with Crippen LogP contribution in [-0.2, 0) is 0 Å². The average Bonchev–Trinajstić information content (AvgIpc) is 2.74. The monoisotopic (exact) mass is 448 g/mol. The third kappa shape index (κ3) is 4.67. The molecule has 2 aromatic carbocycles. The summed E-state index contributed by atoms with van der Waals surface area (Å²) in [6.45, 7) is 0. The molecule has 3 rings (SSSR count). The minimum absolute atomic E-state index is 0.145. The molecule has 1 aromatic heterocycles. The van der Waals surface area contributed by atoms with Crippen molar-refractivity contribution in [3.63, 3.8) is 0 Å². The molecule has 0 atom stereocenters. The van der Waals surface area contributed by atoms with Crippen LogP contribution in [0.3, 0.4) is 0 Å². The number of halogens is 2. The van der Waals surface area contributed by atoms with Crippen molar-refractivity contribution in [3.8, 4) is 5.75 Å². The number of methoxy groups -OCH3 is 1. The van der Waals surface area contributed by atoms with Gasteiger partial charge in [0.15, 0.2) is 0 Å². The van der Waals surface area contributed by atoms with Crippen LogP contribution in [0, 0.1) is 10.1 Å². The van der Waals surface area contributed by atoms with Gasteiger partial charge < -0.3 is 10.1 Å². The van der Waals surface area contributed by atoms with Crippen molar-refractivity contribution >= 4 is 52.1 Å². The van der Waals surface area contributed by atoms with Gasteiger partial charge in [0.05, 0.1) is 28.3 Å². The van der Waals surface area contributed by atoms with Crippen LogP contribution in [0.4, 0.5) is 23.0 Å². The first kappa shape index (κ1) is 21.1. The lowest BCUT2D eigenvalue weighted by Crippen LogP contribution is -2.30. The average molecular weight is 449 g/mol. The van der Waals surface area contributed by atoms with Crippen molar-refractivity contribution in [2.45, 2.75) is 0 Å². The van der Waals surface area contributed by atoms with Crippen LogP contribution in [0.1, 0.15) is 10.4 Å². The Morgan fingerprint density at radius 3 is 2.60 bits per heavy atom. The van der Waals surface area contributed by atoms with E-state index in [1.54, 1.807) is 30.3 Å². The van der Waals surface area contributed by atoms with Crippen LogP contribution >= 0.6 is 23.2 Å². The molecular formula is C18H14Cl2N6O4. The SMILES string of the molecule is COc1ccccc1C(=O)NNc1ncnc(Nc2cc(Cl)ccc2Cl)c1[N+](=O)[O-]. The Morgan fingerprint density at radius 2 is 1.87 bits per heavy atom. The molecule has 0 aliphatic heterocycles. The van der Waals surface area contributed by atoms with Gasteiger partial charge in [-0.05, 0) is 30.3 Å². The van der Waals surface area contributed by atoms with Crippen molar-refractivity contribution in [3.05, 3.63) is 74.5 Å². The number of aromatic nitrogens is 2. The van der Waals surface area contributed by atoms with E-state index in [-0.39, 0.29) is 22.2 Å². The molecule has 0 spiro atoms. The number of amides is 1. The summed E-state index contributed by atoms with van der Waals surface area (Å²) < 4.78 is 5.13. The van der Waals surface area contributed by atoms with Crippen molar-refractivity contribution in [2.24, 2.45) is 0 Å². The number of nitrogens with zero attached hydrogens (tertiary/aromatic N) is 3. The number of hydrogen-bond acceptors (Lipinski definition) is 8. The smallest absolute Gasteiger partial charge is 0.355 e.